The van der Waals surface area contributed by atoms with Gasteiger partial charge in [-0.1, -0.05) is 0 Å². The van der Waals surface area contributed by atoms with Gasteiger partial charge in [0.15, 0.2) is 0 Å². The standard InChI is InChI=1S/C7H10F2O/c8-7(9)4-3-6(10)5-1-2-5/h5,7H,1-4H2. The Hall–Kier alpha value is -0.470. The van der Waals surface area contributed by atoms with E-state index in [9.17, 15) is 13.6 Å². The van der Waals surface area contributed by atoms with Crippen molar-refractivity contribution in [2.24, 2.45) is 5.92 Å². The number of carbonyl (C=O) groups excluding carboxylic acids is 1. The van der Waals surface area contributed by atoms with Crippen LogP contribution in [0.2, 0.25) is 0 Å². The number of hydrogen-bond donors (Lipinski definition) is 0. The Balaban J connectivity index is 2.06. The molecule has 0 atom stereocenters. The van der Waals surface area contributed by atoms with Crippen molar-refractivity contribution in [2.75, 3.05) is 0 Å². The minimum Gasteiger partial charge on any atom is -0.299 e. The molecule has 1 aliphatic rings. The van der Waals surface area contributed by atoms with Crippen LogP contribution < -0.4 is 0 Å². The number of halogens is 2. The predicted molar refractivity (Wildman–Crippen MR) is 33.0 cm³/mol. The molecule has 0 radical (unpaired) electrons. The summed E-state index contributed by atoms with van der Waals surface area (Å²) < 4.78 is 23.1. The molecule has 1 rings (SSSR count). The lowest BCUT2D eigenvalue weighted by molar-refractivity contribution is -0.120. The highest BCUT2D eigenvalue weighted by atomic mass is 19.3. The molecule has 1 saturated carbocycles. The van der Waals surface area contributed by atoms with Gasteiger partial charge in [-0.15, -0.1) is 0 Å². The Kier molecular flexibility index (Phi) is 2.35. The zero-order valence-electron chi connectivity index (χ0n) is 5.65. The van der Waals surface area contributed by atoms with Crippen molar-refractivity contribution in [1.82, 2.24) is 0 Å². The van der Waals surface area contributed by atoms with Gasteiger partial charge in [0.2, 0.25) is 6.43 Å². The van der Waals surface area contributed by atoms with E-state index in [-0.39, 0.29) is 24.5 Å². The second kappa shape index (κ2) is 3.08. The maximum Gasteiger partial charge on any atom is 0.239 e. The van der Waals surface area contributed by atoms with Crippen LogP contribution in [-0.2, 0) is 4.79 Å². The van der Waals surface area contributed by atoms with Crippen molar-refractivity contribution < 1.29 is 13.6 Å². The van der Waals surface area contributed by atoms with Crippen molar-refractivity contribution in [3.8, 4) is 0 Å². The number of ketones is 1. The van der Waals surface area contributed by atoms with E-state index in [0.717, 1.165) is 12.8 Å². The molecule has 0 aromatic rings. The van der Waals surface area contributed by atoms with Gasteiger partial charge in [0.25, 0.3) is 0 Å². The van der Waals surface area contributed by atoms with Crippen molar-refractivity contribution in [3.05, 3.63) is 0 Å². The van der Waals surface area contributed by atoms with Crippen LogP contribution in [0.4, 0.5) is 8.78 Å². The van der Waals surface area contributed by atoms with Crippen LogP contribution in [0.3, 0.4) is 0 Å². The first-order valence-corrected chi connectivity index (χ1v) is 3.51. The Bertz CT molecular complexity index is 130. The van der Waals surface area contributed by atoms with Gasteiger partial charge in [-0.2, -0.15) is 0 Å². The van der Waals surface area contributed by atoms with Crippen molar-refractivity contribution >= 4 is 5.78 Å². The Labute approximate surface area is 58.4 Å². The summed E-state index contributed by atoms with van der Waals surface area (Å²) in [5.41, 5.74) is 0. The maximum absolute atomic E-state index is 11.5. The number of Topliss-reactive ketones (excluding diaryl/α,β-unsaturated/α-hetero) is 1. The fourth-order valence-corrected chi connectivity index (χ4v) is 0.861. The van der Waals surface area contributed by atoms with E-state index in [4.69, 9.17) is 0 Å². The van der Waals surface area contributed by atoms with E-state index >= 15 is 0 Å². The van der Waals surface area contributed by atoms with Crippen LogP contribution in [0.15, 0.2) is 0 Å². The molecule has 0 unspecified atom stereocenters. The molecule has 58 valence electrons. The minimum atomic E-state index is -2.32. The molecule has 0 saturated heterocycles. The quantitative estimate of drug-likeness (QED) is 0.596. The summed E-state index contributed by atoms with van der Waals surface area (Å²) in [6.07, 6.45) is -0.662. The number of carbonyl (C=O) groups is 1. The average molecular weight is 148 g/mol. The van der Waals surface area contributed by atoms with Crippen LogP contribution in [0.1, 0.15) is 25.7 Å². The molecule has 0 spiro atoms. The van der Waals surface area contributed by atoms with E-state index in [2.05, 4.69) is 0 Å². The largest absolute Gasteiger partial charge is 0.299 e. The van der Waals surface area contributed by atoms with E-state index in [1.807, 2.05) is 0 Å². The second-order valence-electron chi connectivity index (χ2n) is 2.67. The highest BCUT2D eigenvalue weighted by Crippen LogP contribution is 2.31. The van der Waals surface area contributed by atoms with Crippen LogP contribution in [0, 0.1) is 5.92 Å². The number of hydrogen-bond acceptors (Lipinski definition) is 1. The molecule has 0 aromatic carbocycles. The molecule has 0 aromatic heterocycles. The highest BCUT2D eigenvalue weighted by molar-refractivity contribution is 5.83. The van der Waals surface area contributed by atoms with E-state index in [1.54, 1.807) is 0 Å². The third-order valence-electron chi connectivity index (χ3n) is 1.64. The third kappa shape index (κ3) is 2.42. The fourth-order valence-electron chi connectivity index (χ4n) is 0.861. The summed E-state index contributed by atoms with van der Waals surface area (Å²) >= 11 is 0. The van der Waals surface area contributed by atoms with Crippen LogP contribution in [0.25, 0.3) is 0 Å². The first-order valence-electron chi connectivity index (χ1n) is 3.51. The lowest BCUT2D eigenvalue weighted by atomic mass is 10.1. The van der Waals surface area contributed by atoms with E-state index < -0.39 is 6.43 Å². The van der Waals surface area contributed by atoms with Gasteiger partial charge in [0.05, 0.1) is 0 Å². The van der Waals surface area contributed by atoms with Gasteiger partial charge in [0, 0.05) is 18.8 Å². The molecular formula is C7H10F2O. The topological polar surface area (TPSA) is 17.1 Å². The van der Waals surface area contributed by atoms with Gasteiger partial charge in [-0.05, 0) is 12.8 Å². The molecule has 0 N–H and O–H groups in total. The summed E-state index contributed by atoms with van der Waals surface area (Å²) in [6, 6.07) is 0. The molecule has 3 heteroatoms. The molecule has 0 amide bonds. The average Bonchev–Trinajstić information content (AvgIpc) is 2.63. The molecule has 1 fully saturated rings. The Morgan fingerprint density at radius 1 is 1.50 bits per heavy atom. The van der Waals surface area contributed by atoms with Gasteiger partial charge in [-0.25, -0.2) is 8.78 Å². The molecule has 0 aliphatic heterocycles. The van der Waals surface area contributed by atoms with Crippen LogP contribution in [-0.4, -0.2) is 12.2 Å². The van der Waals surface area contributed by atoms with Gasteiger partial charge in [0.1, 0.15) is 5.78 Å². The monoisotopic (exact) mass is 148 g/mol. The molecule has 1 nitrogen and oxygen atoms in total. The van der Waals surface area contributed by atoms with Crippen LogP contribution >= 0.6 is 0 Å². The SMILES string of the molecule is O=C(CCC(F)F)C1CC1. The summed E-state index contributed by atoms with van der Waals surface area (Å²) in [4.78, 5) is 10.8. The normalized spacial score (nSPS) is 17.9. The second-order valence-corrected chi connectivity index (χ2v) is 2.67. The Morgan fingerprint density at radius 3 is 2.50 bits per heavy atom. The van der Waals surface area contributed by atoms with Crippen molar-refractivity contribution in [3.63, 3.8) is 0 Å². The fraction of sp³-hybridized carbons (Fsp3) is 0.857. The first-order chi connectivity index (χ1) is 4.70. The van der Waals surface area contributed by atoms with Crippen molar-refractivity contribution in [2.45, 2.75) is 32.1 Å². The van der Waals surface area contributed by atoms with Gasteiger partial charge in [-0.3, -0.25) is 4.79 Å². The summed E-state index contributed by atoms with van der Waals surface area (Å²) in [5.74, 6) is 0.166. The molecule has 0 bridgehead atoms. The Morgan fingerprint density at radius 2 is 2.10 bits per heavy atom. The van der Waals surface area contributed by atoms with Crippen LogP contribution in [0.5, 0.6) is 0 Å². The lowest BCUT2D eigenvalue weighted by Gasteiger charge is -1.96. The summed E-state index contributed by atoms with van der Waals surface area (Å²) in [6.45, 7) is 0. The number of alkyl halides is 2. The molecule has 1 aliphatic carbocycles. The first kappa shape index (κ1) is 7.63. The smallest absolute Gasteiger partial charge is 0.239 e. The van der Waals surface area contributed by atoms with Crippen molar-refractivity contribution in [1.29, 1.82) is 0 Å². The van der Waals surface area contributed by atoms with E-state index in [0.29, 0.717) is 0 Å². The molecule has 10 heavy (non-hydrogen) atoms. The maximum atomic E-state index is 11.5. The predicted octanol–water partition coefficient (Wildman–Crippen LogP) is 2.01. The summed E-state index contributed by atoms with van der Waals surface area (Å²) in [5, 5.41) is 0. The molecule has 0 heterocycles. The van der Waals surface area contributed by atoms with Gasteiger partial charge >= 0.3 is 0 Å². The zero-order valence-corrected chi connectivity index (χ0v) is 5.65. The molecular weight excluding hydrogens is 138 g/mol. The lowest BCUT2D eigenvalue weighted by Crippen LogP contribution is -2.02. The highest BCUT2D eigenvalue weighted by Gasteiger charge is 2.29. The summed E-state index contributed by atoms with van der Waals surface area (Å²) in [7, 11) is 0. The number of rotatable bonds is 4. The minimum absolute atomic E-state index is 0.0281. The van der Waals surface area contributed by atoms with E-state index in [1.165, 1.54) is 0 Å². The van der Waals surface area contributed by atoms with Gasteiger partial charge < -0.3 is 0 Å². The third-order valence-corrected chi connectivity index (χ3v) is 1.64. The zero-order chi connectivity index (χ0) is 7.56.